The maximum Gasteiger partial charge on any atom is 0.00835 e. The van der Waals surface area contributed by atoms with E-state index in [1.807, 2.05) is 0 Å². The van der Waals surface area contributed by atoms with Gasteiger partial charge in [0.25, 0.3) is 0 Å². The van der Waals surface area contributed by atoms with Crippen LogP contribution < -0.4 is 0 Å². The Morgan fingerprint density at radius 2 is 1.88 bits per heavy atom. The fourth-order valence-corrected chi connectivity index (χ4v) is 5.20. The van der Waals surface area contributed by atoms with Crippen LogP contribution in [0.1, 0.15) is 25.8 Å². The first kappa shape index (κ1) is 9.04. The minimum absolute atomic E-state index is 0.516. The highest BCUT2D eigenvalue weighted by Gasteiger charge is 2.84. The lowest BCUT2D eigenvalue weighted by molar-refractivity contribution is 0.179. The van der Waals surface area contributed by atoms with Gasteiger partial charge in [-0.1, -0.05) is 56.3 Å². The van der Waals surface area contributed by atoms with Crippen molar-refractivity contribution < 1.29 is 0 Å². The summed E-state index contributed by atoms with van der Waals surface area (Å²) in [6.07, 6.45) is 6.19. The molecule has 1 aromatic carbocycles. The van der Waals surface area contributed by atoms with E-state index in [1.54, 1.807) is 5.56 Å². The molecular weight excluding hydrogens is 192 g/mol. The van der Waals surface area contributed by atoms with Gasteiger partial charge in [-0.05, 0) is 35.2 Å². The van der Waals surface area contributed by atoms with Crippen molar-refractivity contribution in [3.8, 4) is 0 Å². The Labute approximate surface area is 97.4 Å². The van der Waals surface area contributed by atoms with Gasteiger partial charge < -0.3 is 0 Å². The topological polar surface area (TPSA) is 0 Å². The van der Waals surface area contributed by atoms with Crippen molar-refractivity contribution in [2.24, 2.45) is 23.2 Å². The Morgan fingerprint density at radius 3 is 2.62 bits per heavy atom. The lowest BCUT2D eigenvalue weighted by Gasteiger charge is -2.40. The summed E-state index contributed by atoms with van der Waals surface area (Å²) in [6.45, 7) is 4.94. The van der Waals surface area contributed by atoms with Gasteiger partial charge in [-0.2, -0.15) is 0 Å². The first-order chi connectivity index (χ1) is 7.70. The average Bonchev–Trinajstić information content (AvgIpc) is 2.55. The van der Waals surface area contributed by atoms with E-state index in [-0.39, 0.29) is 0 Å². The van der Waals surface area contributed by atoms with E-state index >= 15 is 0 Å². The summed E-state index contributed by atoms with van der Waals surface area (Å²) in [5, 5.41) is 0. The molecule has 0 saturated heterocycles. The molecule has 82 valence electrons. The molecule has 0 amide bonds. The van der Waals surface area contributed by atoms with Gasteiger partial charge in [0.2, 0.25) is 0 Å². The highest BCUT2D eigenvalue weighted by Crippen LogP contribution is 2.86. The van der Waals surface area contributed by atoms with Gasteiger partial charge in [0.15, 0.2) is 0 Å². The number of fused-ring (bicyclic) bond motifs is 4. The summed E-state index contributed by atoms with van der Waals surface area (Å²) in [7, 11) is 0. The van der Waals surface area contributed by atoms with E-state index in [0.29, 0.717) is 10.8 Å². The normalized spacial score (nSPS) is 45.8. The minimum atomic E-state index is 0.516. The van der Waals surface area contributed by atoms with Crippen molar-refractivity contribution in [3.05, 3.63) is 48.0 Å². The number of benzene rings is 1. The molecule has 0 bridgehead atoms. The molecule has 0 aromatic heterocycles. The van der Waals surface area contributed by atoms with Crippen molar-refractivity contribution in [3.63, 3.8) is 0 Å². The molecule has 4 rings (SSSR count). The summed E-state index contributed by atoms with van der Waals surface area (Å²) in [4.78, 5) is 0. The molecule has 0 aliphatic heterocycles. The van der Waals surface area contributed by atoms with E-state index in [4.69, 9.17) is 0 Å². The molecule has 0 heterocycles. The van der Waals surface area contributed by atoms with Crippen LogP contribution in [0, 0.1) is 23.2 Å². The molecule has 0 N–H and O–H groups in total. The maximum atomic E-state index is 2.48. The van der Waals surface area contributed by atoms with Crippen LogP contribution in [-0.2, 0) is 5.41 Å². The van der Waals surface area contributed by atoms with Crippen LogP contribution in [-0.4, -0.2) is 0 Å². The van der Waals surface area contributed by atoms with Gasteiger partial charge in [-0.15, -0.1) is 0 Å². The number of allylic oxidation sites excluding steroid dienone is 2. The Kier molecular flexibility index (Phi) is 1.38. The summed E-state index contributed by atoms with van der Waals surface area (Å²) >= 11 is 0. The fourth-order valence-electron chi connectivity index (χ4n) is 5.20. The molecule has 2 saturated carbocycles. The molecule has 0 spiro atoms. The Morgan fingerprint density at radius 1 is 1.12 bits per heavy atom. The Bertz CT molecular complexity index is 468. The summed E-state index contributed by atoms with van der Waals surface area (Å²) in [6, 6.07) is 11.2. The third-order valence-electron chi connectivity index (χ3n) is 5.69. The SMILES string of the molecule is CC1(C)[C@@H]2[C@H]3C=CC[C@H]3[C@@]21c1ccccc1. The predicted molar refractivity (Wildman–Crippen MR) is 66.1 cm³/mol. The summed E-state index contributed by atoms with van der Waals surface area (Å²) < 4.78 is 0. The molecule has 16 heavy (non-hydrogen) atoms. The lowest BCUT2D eigenvalue weighted by Crippen LogP contribution is -2.39. The van der Waals surface area contributed by atoms with Crippen LogP contribution >= 0.6 is 0 Å². The van der Waals surface area contributed by atoms with Crippen molar-refractivity contribution in [2.75, 3.05) is 0 Å². The van der Waals surface area contributed by atoms with Crippen LogP contribution in [0.2, 0.25) is 0 Å². The maximum absolute atomic E-state index is 2.48. The fraction of sp³-hybridized carbons (Fsp3) is 0.500. The third-order valence-corrected chi connectivity index (χ3v) is 5.69. The predicted octanol–water partition coefficient (Wildman–Crippen LogP) is 3.79. The van der Waals surface area contributed by atoms with Gasteiger partial charge >= 0.3 is 0 Å². The third kappa shape index (κ3) is 0.687. The molecule has 3 aliphatic carbocycles. The Hall–Kier alpha value is -1.04. The first-order valence-corrected chi connectivity index (χ1v) is 6.43. The van der Waals surface area contributed by atoms with E-state index in [0.717, 1.165) is 17.8 Å². The number of hydrogen-bond donors (Lipinski definition) is 0. The number of rotatable bonds is 1. The molecule has 4 atom stereocenters. The van der Waals surface area contributed by atoms with Gasteiger partial charge in [0.05, 0.1) is 0 Å². The highest BCUT2D eigenvalue weighted by atomic mass is 14.9. The molecule has 2 fully saturated rings. The second kappa shape index (κ2) is 2.45. The van der Waals surface area contributed by atoms with Crippen molar-refractivity contribution in [1.29, 1.82) is 0 Å². The summed E-state index contributed by atoms with van der Waals surface area (Å²) in [5.74, 6) is 2.69. The van der Waals surface area contributed by atoms with Gasteiger partial charge in [-0.25, -0.2) is 0 Å². The molecule has 0 radical (unpaired) electrons. The molecule has 0 unspecified atom stereocenters. The standard InChI is InChI=1S/C16H18/c1-15(2)14-12-9-6-10-13(12)16(14,15)11-7-4-3-5-8-11/h3-9,12-14H,10H2,1-2H3/t12-,13+,14-,16-/m0/s1. The van der Waals surface area contributed by atoms with Crippen LogP contribution in [0.25, 0.3) is 0 Å². The quantitative estimate of drug-likeness (QED) is 0.619. The van der Waals surface area contributed by atoms with Crippen LogP contribution in [0.5, 0.6) is 0 Å². The van der Waals surface area contributed by atoms with Crippen molar-refractivity contribution in [2.45, 2.75) is 25.7 Å². The Balaban J connectivity index is 1.84. The zero-order chi connectivity index (χ0) is 11.0. The van der Waals surface area contributed by atoms with E-state index in [1.165, 1.54) is 6.42 Å². The summed E-state index contributed by atoms with van der Waals surface area (Å²) in [5.41, 5.74) is 2.63. The number of hydrogen-bond acceptors (Lipinski definition) is 0. The second-order valence-electron chi connectivity index (χ2n) is 6.28. The second-order valence-corrected chi connectivity index (χ2v) is 6.28. The highest BCUT2D eigenvalue weighted by molar-refractivity contribution is 5.51. The molecule has 0 nitrogen and oxygen atoms in total. The van der Waals surface area contributed by atoms with Crippen LogP contribution in [0.3, 0.4) is 0 Å². The monoisotopic (exact) mass is 210 g/mol. The van der Waals surface area contributed by atoms with Gasteiger partial charge in [0, 0.05) is 5.41 Å². The van der Waals surface area contributed by atoms with E-state index < -0.39 is 0 Å². The van der Waals surface area contributed by atoms with E-state index in [2.05, 4.69) is 56.3 Å². The van der Waals surface area contributed by atoms with E-state index in [9.17, 15) is 0 Å². The van der Waals surface area contributed by atoms with Crippen molar-refractivity contribution >= 4 is 0 Å². The zero-order valence-electron chi connectivity index (χ0n) is 9.98. The first-order valence-electron chi connectivity index (χ1n) is 6.43. The van der Waals surface area contributed by atoms with Crippen LogP contribution in [0.4, 0.5) is 0 Å². The smallest absolute Gasteiger partial charge is 0.00835 e. The minimum Gasteiger partial charge on any atom is -0.0879 e. The van der Waals surface area contributed by atoms with Crippen LogP contribution in [0.15, 0.2) is 42.5 Å². The van der Waals surface area contributed by atoms with Crippen molar-refractivity contribution in [1.82, 2.24) is 0 Å². The van der Waals surface area contributed by atoms with Gasteiger partial charge in [-0.3, -0.25) is 0 Å². The molecule has 0 heteroatoms. The largest absolute Gasteiger partial charge is 0.0879 e. The lowest BCUT2D eigenvalue weighted by atomic mass is 9.62. The molecule has 1 aromatic rings. The van der Waals surface area contributed by atoms with Gasteiger partial charge in [0.1, 0.15) is 0 Å². The average molecular weight is 210 g/mol. The molecular formula is C16H18. The molecule has 3 aliphatic rings. The zero-order valence-corrected chi connectivity index (χ0v) is 9.98.